The molecule has 1 aromatic heterocycles. The molecule has 98 valence electrons. The highest BCUT2D eigenvalue weighted by atomic mass is 19.1. The summed E-state index contributed by atoms with van der Waals surface area (Å²) in [6.45, 7) is 3.75. The van der Waals surface area contributed by atoms with Crippen molar-refractivity contribution in [1.82, 2.24) is 0 Å². The molecular formula is C15H16FN2O+. The molecule has 19 heavy (non-hydrogen) atoms. The van der Waals surface area contributed by atoms with E-state index in [-0.39, 0.29) is 11.6 Å². The number of carbonyl (C=O) groups is 1. The average Bonchev–Trinajstić information content (AvgIpc) is 2.41. The van der Waals surface area contributed by atoms with Crippen LogP contribution < -0.4 is 9.88 Å². The zero-order valence-corrected chi connectivity index (χ0v) is 10.9. The van der Waals surface area contributed by atoms with Crippen molar-refractivity contribution in [3.63, 3.8) is 0 Å². The summed E-state index contributed by atoms with van der Waals surface area (Å²) in [6.07, 6.45) is 3.67. The number of aryl methyl sites for hydroxylation is 1. The number of amides is 1. The van der Waals surface area contributed by atoms with Crippen LogP contribution in [0, 0.1) is 12.7 Å². The van der Waals surface area contributed by atoms with Crippen LogP contribution in [0.4, 0.5) is 10.1 Å². The van der Waals surface area contributed by atoms with Gasteiger partial charge in [-0.2, -0.15) is 4.57 Å². The van der Waals surface area contributed by atoms with Gasteiger partial charge in [-0.15, -0.1) is 0 Å². The Kier molecular flexibility index (Phi) is 3.90. The van der Waals surface area contributed by atoms with E-state index >= 15 is 0 Å². The highest BCUT2D eigenvalue weighted by Gasteiger charge is 2.22. The lowest BCUT2D eigenvalue weighted by Crippen LogP contribution is -2.44. The average molecular weight is 259 g/mol. The van der Waals surface area contributed by atoms with Crippen molar-refractivity contribution in [2.24, 2.45) is 0 Å². The molecule has 1 atom stereocenters. The molecule has 3 nitrogen and oxygen atoms in total. The Morgan fingerprint density at radius 1 is 1.21 bits per heavy atom. The number of carbonyl (C=O) groups excluding carboxylic acids is 1. The van der Waals surface area contributed by atoms with E-state index in [9.17, 15) is 9.18 Å². The molecule has 1 heterocycles. The van der Waals surface area contributed by atoms with E-state index in [1.54, 1.807) is 29.7 Å². The van der Waals surface area contributed by atoms with Crippen LogP contribution in [0.15, 0.2) is 48.8 Å². The van der Waals surface area contributed by atoms with Gasteiger partial charge in [0.15, 0.2) is 12.4 Å². The third-order valence-corrected chi connectivity index (χ3v) is 2.98. The number of halogens is 1. The Hall–Kier alpha value is -2.23. The van der Waals surface area contributed by atoms with E-state index < -0.39 is 11.9 Å². The number of hydrogen-bond acceptors (Lipinski definition) is 1. The molecule has 0 radical (unpaired) electrons. The minimum Gasteiger partial charge on any atom is -0.318 e. The summed E-state index contributed by atoms with van der Waals surface area (Å²) in [5.74, 6) is -0.684. The van der Waals surface area contributed by atoms with Crippen LogP contribution in [-0.2, 0) is 4.79 Å². The normalized spacial score (nSPS) is 11.9. The monoisotopic (exact) mass is 259 g/mol. The molecule has 0 aliphatic rings. The number of para-hydroxylation sites is 1. The summed E-state index contributed by atoms with van der Waals surface area (Å²) in [5, 5.41) is 2.59. The molecule has 0 unspecified atom stereocenters. The fourth-order valence-corrected chi connectivity index (χ4v) is 1.71. The first-order valence-corrected chi connectivity index (χ1v) is 6.11. The van der Waals surface area contributed by atoms with Gasteiger partial charge in [-0.05, 0) is 24.6 Å². The SMILES string of the molecule is Cc1cc[n+]([C@@H](C)C(=O)Nc2ccccc2F)cc1. The van der Waals surface area contributed by atoms with Gasteiger partial charge in [0.1, 0.15) is 5.82 Å². The third kappa shape index (κ3) is 3.16. The standard InChI is InChI=1S/C15H15FN2O/c1-11-7-9-18(10-8-11)12(2)15(19)17-14-6-4-3-5-13(14)16/h3-10,12H,1-2H3/p+1/t12-/m0/s1. The maximum Gasteiger partial charge on any atom is 0.293 e. The number of nitrogens with zero attached hydrogens (tertiary/aromatic N) is 1. The molecule has 0 aliphatic carbocycles. The van der Waals surface area contributed by atoms with Crippen LogP contribution in [0.5, 0.6) is 0 Å². The summed E-state index contributed by atoms with van der Waals surface area (Å²) >= 11 is 0. The predicted molar refractivity (Wildman–Crippen MR) is 71.1 cm³/mol. The van der Waals surface area contributed by atoms with E-state index in [0.29, 0.717) is 0 Å². The molecule has 1 aromatic carbocycles. The van der Waals surface area contributed by atoms with Gasteiger partial charge in [0.2, 0.25) is 6.04 Å². The second-order valence-corrected chi connectivity index (χ2v) is 4.47. The van der Waals surface area contributed by atoms with E-state index in [0.717, 1.165) is 5.56 Å². The molecule has 2 aromatic rings. The van der Waals surface area contributed by atoms with Crippen LogP contribution in [0.1, 0.15) is 18.5 Å². The zero-order valence-electron chi connectivity index (χ0n) is 10.9. The van der Waals surface area contributed by atoms with Gasteiger partial charge in [-0.25, -0.2) is 4.39 Å². The van der Waals surface area contributed by atoms with Gasteiger partial charge in [0.05, 0.1) is 5.69 Å². The van der Waals surface area contributed by atoms with Crippen molar-refractivity contribution >= 4 is 11.6 Å². The third-order valence-electron chi connectivity index (χ3n) is 2.98. The molecule has 0 saturated carbocycles. The van der Waals surface area contributed by atoms with E-state index in [1.807, 2.05) is 31.5 Å². The van der Waals surface area contributed by atoms with Crippen molar-refractivity contribution in [2.45, 2.75) is 19.9 Å². The minimum atomic E-state index is -0.433. The van der Waals surface area contributed by atoms with Gasteiger partial charge < -0.3 is 5.32 Å². The van der Waals surface area contributed by atoms with Crippen molar-refractivity contribution in [3.05, 3.63) is 60.2 Å². The Labute approximate surface area is 111 Å². The van der Waals surface area contributed by atoms with Gasteiger partial charge in [-0.3, -0.25) is 4.79 Å². The fourth-order valence-electron chi connectivity index (χ4n) is 1.71. The van der Waals surface area contributed by atoms with E-state index in [4.69, 9.17) is 0 Å². The van der Waals surface area contributed by atoms with Crippen molar-refractivity contribution in [1.29, 1.82) is 0 Å². The van der Waals surface area contributed by atoms with Crippen LogP contribution >= 0.6 is 0 Å². The molecular weight excluding hydrogens is 243 g/mol. The first-order chi connectivity index (χ1) is 9.08. The lowest BCUT2D eigenvalue weighted by molar-refractivity contribution is -0.705. The maximum absolute atomic E-state index is 13.4. The fraction of sp³-hybridized carbons (Fsp3) is 0.200. The summed E-state index contributed by atoms with van der Waals surface area (Å²) in [6, 6.07) is 9.57. The second-order valence-electron chi connectivity index (χ2n) is 4.47. The maximum atomic E-state index is 13.4. The molecule has 1 amide bonds. The van der Waals surface area contributed by atoms with Gasteiger partial charge in [0, 0.05) is 19.1 Å². The summed E-state index contributed by atoms with van der Waals surface area (Å²) in [4.78, 5) is 12.1. The number of aromatic nitrogens is 1. The van der Waals surface area contributed by atoms with Crippen molar-refractivity contribution < 1.29 is 13.8 Å². The summed E-state index contributed by atoms with van der Waals surface area (Å²) < 4.78 is 15.2. The summed E-state index contributed by atoms with van der Waals surface area (Å²) in [5.41, 5.74) is 1.32. The number of anilines is 1. The highest BCUT2D eigenvalue weighted by Crippen LogP contribution is 2.13. The number of nitrogens with one attached hydrogen (secondary N) is 1. The van der Waals surface area contributed by atoms with Gasteiger partial charge >= 0.3 is 0 Å². The lowest BCUT2D eigenvalue weighted by atomic mass is 10.2. The van der Waals surface area contributed by atoms with Crippen molar-refractivity contribution in [3.8, 4) is 0 Å². The second kappa shape index (κ2) is 5.61. The Morgan fingerprint density at radius 3 is 2.47 bits per heavy atom. The highest BCUT2D eigenvalue weighted by molar-refractivity contribution is 5.92. The molecule has 0 fully saturated rings. The van der Waals surface area contributed by atoms with Crippen LogP contribution in [-0.4, -0.2) is 5.91 Å². The number of benzene rings is 1. The van der Waals surface area contributed by atoms with Crippen molar-refractivity contribution in [2.75, 3.05) is 5.32 Å². The molecule has 0 aliphatic heterocycles. The van der Waals surface area contributed by atoms with E-state index in [1.165, 1.54) is 6.07 Å². The number of rotatable bonds is 3. The number of hydrogen-bond donors (Lipinski definition) is 1. The Morgan fingerprint density at radius 2 is 1.84 bits per heavy atom. The molecule has 4 heteroatoms. The Bertz CT molecular complexity index is 581. The molecule has 0 saturated heterocycles. The molecule has 0 bridgehead atoms. The molecule has 2 rings (SSSR count). The minimum absolute atomic E-state index is 0.201. The summed E-state index contributed by atoms with van der Waals surface area (Å²) in [7, 11) is 0. The van der Waals surface area contributed by atoms with Crippen LogP contribution in [0.2, 0.25) is 0 Å². The first kappa shape index (κ1) is 13.2. The lowest BCUT2D eigenvalue weighted by Gasteiger charge is -2.09. The largest absolute Gasteiger partial charge is 0.318 e. The quantitative estimate of drug-likeness (QED) is 0.844. The smallest absolute Gasteiger partial charge is 0.293 e. The van der Waals surface area contributed by atoms with Crippen LogP contribution in [0.3, 0.4) is 0 Å². The van der Waals surface area contributed by atoms with Gasteiger partial charge in [-0.1, -0.05) is 12.1 Å². The Balaban J connectivity index is 2.12. The predicted octanol–water partition coefficient (Wildman–Crippen LogP) is 2.62. The molecule has 0 spiro atoms. The first-order valence-electron chi connectivity index (χ1n) is 6.11. The van der Waals surface area contributed by atoms with Crippen LogP contribution in [0.25, 0.3) is 0 Å². The topological polar surface area (TPSA) is 33.0 Å². The number of pyridine rings is 1. The van der Waals surface area contributed by atoms with Gasteiger partial charge in [0.25, 0.3) is 5.91 Å². The van der Waals surface area contributed by atoms with E-state index in [2.05, 4.69) is 5.32 Å². The molecule has 1 N–H and O–H groups in total. The zero-order chi connectivity index (χ0) is 13.8.